The highest BCUT2D eigenvalue weighted by Gasteiger charge is 2.38. The molecular formula is C27H24N2O3S. The van der Waals surface area contributed by atoms with Gasteiger partial charge in [-0.15, -0.1) is 11.8 Å². The number of carbonyl (C=O) groups is 3. The van der Waals surface area contributed by atoms with Crippen LogP contribution in [0.3, 0.4) is 0 Å². The summed E-state index contributed by atoms with van der Waals surface area (Å²) in [5.41, 5.74) is 4.30. The molecule has 0 saturated carbocycles. The molecule has 0 aliphatic carbocycles. The van der Waals surface area contributed by atoms with Gasteiger partial charge >= 0.3 is 0 Å². The van der Waals surface area contributed by atoms with Gasteiger partial charge in [0.1, 0.15) is 0 Å². The van der Waals surface area contributed by atoms with Crippen molar-refractivity contribution in [2.45, 2.75) is 37.3 Å². The monoisotopic (exact) mass is 456 g/mol. The lowest BCUT2D eigenvalue weighted by atomic mass is 10.0. The summed E-state index contributed by atoms with van der Waals surface area (Å²) in [5, 5.41) is 0.397. The summed E-state index contributed by atoms with van der Waals surface area (Å²) in [7, 11) is 0. The van der Waals surface area contributed by atoms with Crippen molar-refractivity contribution in [3.8, 4) is 0 Å². The van der Waals surface area contributed by atoms with E-state index in [2.05, 4.69) is 6.92 Å². The second-order valence-electron chi connectivity index (χ2n) is 8.64. The Morgan fingerprint density at radius 2 is 1.67 bits per heavy atom. The quantitative estimate of drug-likeness (QED) is 0.469. The summed E-state index contributed by atoms with van der Waals surface area (Å²) >= 11 is 1.77. The molecule has 1 unspecified atom stereocenters. The fraction of sp³-hybridized carbons (Fsp3) is 0.222. The van der Waals surface area contributed by atoms with Crippen molar-refractivity contribution in [2.75, 3.05) is 16.3 Å². The van der Waals surface area contributed by atoms with E-state index in [-0.39, 0.29) is 17.4 Å². The van der Waals surface area contributed by atoms with Gasteiger partial charge in [-0.3, -0.25) is 14.4 Å². The molecule has 0 fully saturated rings. The van der Waals surface area contributed by atoms with Crippen LogP contribution in [0, 0.1) is 13.8 Å². The maximum absolute atomic E-state index is 13.6. The maximum Gasteiger partial charge on any atom is 0.266 e. The third-order valence-corrected chi connectivity index (χ3v) is 7.46. The lowest BCUT2D eigenvalue weighted by Crippen LogP contribution is -2.32. The number of hydrogen-bond donors (Lipinski definition) is 0. The van der Waals surface area contributed by atoms with E-state index in [1.165, 1.54) is 4.90 Å². The first-order valence-corrected chi connectivity index (χ1v) is 11.9. The van der Waals surface area contributed by atoms with E-state index < -0.39 is 5.91 Å². The minimum atomic E-state index is -0.390. The van der Waals surface area contributed by atoms with Crippen LogP contribution in [0.15, 0.2) is 65.6 Å². The van der Waals surface area contributed by atoms with Gasteiger partial charge in [-0.1, -0.05) is 31.2 Å². The second-order valence-corrected chi connectivity index (χ2v) is 10.1. The number of hydrogen-bond acceptors (Lipinski definition) is 4. The van der Waals surface area contributed by atoms with E-state index in [4.69, 9.17) is 0 Å². The fourth-order valence-corrected chi connectivity index (χ4v) is 5.52. The Kier molecular flexibility index (Phi) is 5.33. The van der Waals surface area contributed by atoms with Crippen LogP contribution in [0.2, 0.25) is 0 Å². The molecule has 33 heavy (non-hydrogen) atoms. The van der Waals surface area contributed by atoms with Gasteiger partial charge in [0.15, 0.2) is 0 Å². The van der Waals surface area contributed by atoms with E-state index in [9.17, 15) is 14.4 Å². The summed E-state index contributed by atoms with van der Waals surface area (Å²) in [6.45, 7) is 6.57. The number of amides is 3. The Balaban J connectivity index is 1.52. The van der Waals surface area contributed by atoms with E-state index >= 15 is 0 Å². The zero-order chi connectivity index (χ0) is 23.3. The predicted molar refractivity (Wildman–Crippen MR) is 132 cm³/mol. The summed E-state index contributed by atoms with van der Waals surface area (Å²) in [5.74, 6) is -0.905. The van der Waals surface area contributed by atoms with E-state index in [1.54, 1.807) is 34.9 Å². The summed E-state index contributed by atoms with van der Waals surface area (Å²) < 4.78 is 0. The van der Waals surface area contributed by atoms with E-state index in [1.807, 2.05) is 56.3 Å². The molecule has 2 aliphatic heterocycles. The minimum absolute atomic E-state index is 0.162. The van der Waals surface area contributed by atoms with Crippen molar-refractivity contribution in [3.63, 3.8) is 0 Å². The average Bonchev–Trinajstić information content (AvgIpc) is 2.94. The maximum atomic E-state index is 13.6. The Labute approximate surface area is 197 Å². The normalized spacial score (nSPS) is 17.6. The molecule has 2 aliphatic rings. The van der Waals surface area contributed by atoms with Crippen molar-refractivity contribution < 1.29 is 14.4 Å². The van der Waals surface area contributed by atoms with Crippen LogP contribution in [0.4, 0.5) is 11.4 Å². The lowest BCUT2D eigenvalue weighted by molar-refractivity contribution is 0.0924. The molecule has 3 aromatic rings. The topological polar surface area (TPSA) is 57.7 Å². The van der Waals surface area contributed by atoms with Crippen LogP contribution >= 0.6 is 11.8 Å². The Bertz CT molecular complexity index is 1320. The number of aryl methyl sites for hydroxylation is 2. The molecule has 0 radical (unpaired) electrons. The number of benzene rings is 3. The molecule has 166 valence electrons. The van der Waals surface area contributed by atoms with E-state index in [0.29, 0.717) is 28.6 Å². The molecule has 1 atom stereocenters. The molecule has 3 aromatic carbocycles. The molecule has 0 N–H and O–H groups in total. The van der Waals surface area contributed by atoms with Crippen LogP contribution in [0.1, 0.15) is 55.5 Å². The molecule has 0 bridgehead atoms. The zero-order valence-electron chi connectivity index (χ0n) is 18.8. The Hall–Kier alpha value is -3.38. The summed E-state index contributed by atoms with van der Waals surface area (Å²) in [6.07, 6.45) is 0.869. The number of carbonyl (C=O) groups excluding carboxylic acids is 3. The second kappa shape index (κ2) is 8.19. The minimum Gasteiger partial charge on any atom is -0.307 e. The summed E-state index contributed by atoms with van der Waals surface area (Å²) in [6, 6.07) is 18.4. The first-order chi connectivity index (χ1) is 15.8. The molecule has 3 amide bonds. The largest absolute Gasteiger partial charge is 0.307 e. The molecule has 5 nitrogen and oxygen atoms in total. The highest BCUT2D eigenvalue weighted by Crippen LogP contribution is 2.38. The van der Waals surface area contributed by atoms with Crippen molar-refractivity contribution >= 4 is 40.9 Å². The number of imide groups is 1. The van der Waals surface area contributed by atoms with Gasteiger partial charge in [0, 0.05) is 22.3 Å². The molecule has 0 aromatic heterocycles. The number of rotatable bonds is 2. The number of fused-ring (bicyclic) bond motifs is 2. The first kappa shape index (κ1) is 21.5. The third-order valence-electron chi connectivity index (χ3n) is 6.23. The standard InChI is InChI=1S/C27H24N2O3S/c1-16-8-9-17(2)23(14-16)29-26(31)20-11-10-19(15-21(20)27(29)32)25(30)28-13-12-18(3)33-24-7-5-4-6-22(24)28/h4-11,14-15,18H,12-13H2,1-3H3. The predicted octanol–water partition coefficient (Wildman–Crippen LogP) is 5.64. The molecule has 0 spiro atoms. The van der Waals surface area contributed by atoms with Gasteiger partial charge in [0.2, 0.25) is 0 Å². The van der Waals surface area contributed by atoms with Crippen LogP contribution < -0.4 is 9.80 Å². The van der Waals surface area contributed by atoms with Gasteiger partial charge in [0.25, 0.3) is 17.7 Å². The van der Waals surface area contributed by atoms with Gasteiger partial charge in [-0.05, 0) is 67.8 Å². The van der Waals surface area contributed by atoms with Crippen LogP contribution in [-0.4, -0.2) is 29.5 Å². The zero-order valence-corrected chi connectivity index (χ0v) is 19.6. The first-order valence-electron chi connectivity index (χ1n) is 11.0. The molecule has 6 heteroatoms. The summed E-state index contributed by atoms with van der Waals surface area (Å²) in [4.78, 5) is 44.1. The van der Waals surface area contributed by atoms with Gasteiger partial charge in [-0.25, -0.2) is 4.90 Å². The Morgan fingerprint density at radius 1 is 0.909 bits per heavy atom. The molecule has 0 saturated heterocycles. The fourth-order valence-electron chi connectivity index (χ4n) is 4.41. The van der Waals surface area contributed by atoms with Crippen molar-refractivity contribution in [3.05, 3.63) is 88.5 Å². The van der Waals surface area contributed by atoms with Crippen molar-refractivity contribution in [1.29, 1.82) is 0 Å². The third kappa shape index (κ3) is 3.64. The SMILES string of the molecule is Cc1ccc(C)c(N2C(=O)c3ccc(C(=O)N4CCC(C)Sc5ccccc54)cc3C2=O)c1. The van der Waals surface area contributed by atoms with Crippen LogP contribution in [-0.2, 0) is 0 Å². The molecule has 2 heterocycles. The number of thioether (sulfide) groups is 1. The van der Waals surface area contributed by atoms with Gasteiger partial charge in [-0.2, -0.15) is 0 Å². The van der Waals surface area contributed by atoms with Crippen LogP contribution in [0.25, 0.3) is 0 Å². The van der Waals surface area contributed by atoms with Gasteiger partial charge in [0.05, 0.1) is 22.5 Å². The molecular weight excluding hydrogens is 432 g/mol. The Morgan fingerprint density at radius 3 is 2.48 bits per heavy atom. The number of nitrogens with zero attached hydrogens (tertiary/aromatic N) is 2. The van der Waals surface area contributed by atoms with Crippen molar-refractivity contribution in [1.82, 2.24) is 0 Å². The average molecular weight is 457 g/mol. The van der Waals surface area contributed by atoms with E-state index in [0.717, 1.165) is 28.1 Å². The van der Waals surface area contributed by atoms with Crippen LogP contribution in [0.5, 0.6) is 0 Å². The number of para-hydroxylation sites is 1. The number of anilines is 2. The lowest BCUT2D eigenvalue weighted by Gasteiger charge is -2.22. The smallest absolute Gasteiger partial charge is 0.266 e. The highest BCUT2D eigenvalue weighted by atomic mass is 32.2. The highest BCUT2D eigenvalue weighted by molar-refractivity contribution is 8.00. The van der Waals surface area contributed by atoms with Gasteiger partial charge < -0.3 is 4.90 Å². The molecule has 5 rings (SSSR count). The van der Waals surface area contributed by atoms with Crippen molar-refractivity contribution in [2.24, 2.45) is 0 Å².